The number of methoxy groups -OCH3 is 2. The standard InChI is InChI=1S/C24H31N3O4/c1-29-18-9-7-17(8-10-18)24(11-13-31-14-12-24)16-25-23(28)21-15-20(26-27-21)19-5-3-4-6-22(19)30-2/h3-10,20-21,26-27H,11-16H2,1-2H3,(H,25,28). The van der Waals surface area contributed by atoms with Gasteiger partial charge >= 0.3 is 0 Å². The topological polar surface area (TPSA) is 80.9 Å². The van der Waals surface area contributed by atoms with Crippen LogP contribution in [0.5, 0.6) is 11.5 Å². The van der Waals surface area contributed by atoms with Crippen LogP contribution in [0.3, 0.4) is 0 Å². The van der Waals surface area contributed by atoms with Gasteiger partial charge < -0.3 is 19.5 Å². The van der Waals surface area contributed by atoms with E-state index in [1.807, 2.05) is 36.4 Å². The normalized spacial score (nSPS) is 22.6. The van der Waals surface area contributed by atoms with E-state index >= 15 is 0 Å². The second kappa shape index (κ2) is 9.68. The van der Waals surface area contributed by atoms with Crippen LogP contribution in [0, 0.1) is 0 Å². The van der Waals surface area contributed by atoms with Crippen LogP contribution in [-0.4, -0.2) is 45.9 Å². The summed E-state index contributed by atoms with van der Waals surface area (Å²) in [6.45, 7) is 1.97. The van der Waals surface area contributed by atoms with Gasteiger partial charge in [-0.3, -0.25) is 4.79 Å². The highest BCUT2D eigenvalue weighted by atomic mass is 16.5. The maximum Gasteiger partial charge on any atom is 0.238 e. The van der Waals surface area contributed by atoms with Gasteiger partial charge in [0.15, 0.2) is 0 Å². The second-order valence-electron chi connectivity index (χ2n) is 8.21. The minimum Gasteiger partial charge on any atom is -0.497 e. The summed E-state index contributed by atoms with van der Waals surface area (Å²) in [5.41, 5.74) is 8.53. The van der Waals surface area contributed by atoms with Crippen molar-refractivity contribution in [3.8, 4) is 11.5 Å². The van der Waals surface area contributed by atoms with E-state index in [-0.39, 0.29) is 23.4 Å². The third-order valence-electron chi connectivity index (χ3n) is 6.49. The van der Waals surface area contributed by atoms with Crippen LogP contribution in [0.15, 0.2) is 48.5 Å². The fraction of sp³-hybridized carbons (Fsp3) is 0.458. The van der Waals surface area contributed by atoms with Crippen LogP contribution in [0.25, 0.3) is 0 Å². The predicted octanol–water partition coefficient (Wildman–Crippen LogP) is 2.48. The average Bonchev–Trinajstić information content (AvgIpc) is 3.33. The number of carbonyl (C=O) groups is 1. The highest BCUT2D eigenvalue weighted by molar-refractivity contribution is 5.82. The lowest BCUT2D eigenvalue weighted by Crippen LogP contribution is -2.49. The average molecular weight is 426 g/mol. The van der Waals surface area contributed by atoms with E-state index in [4.69, 9.17) is 14.2 Å². The van der Waals surface area contributed by atoms with Gasteiger partial charge in [0, 0.05) is 30.7 Å². The first-order chi connectivity index (χ1) is 15.1. The molecule has 0 aliphatic carbocycles. The molecule has 1 amide bonds. The lowest BCUT2D eigenvalue weighted by molar-refractivity contribution is -0.123. The Bertz CT molecular complexity index is 881. The molecule has 2 aliphatic heterocycles. The van der Waals surface area contributed by atoms with E-state index in [9.17, 15) is 4.79 Å². The summed E-state index contributed by atoms with van der Waals surface area (Å²) in [5, 5.41) is 3.20. The van der Waals surface area contributed by atoms with E-state index in [2.05, 4.69) is 28.3 Å². The Balaban J connectivity index is 1.41. The molecule has 2 aliphatic rings. The van der Waals surface area contributed by atoms with Crippen molar-refractivity contribution in [2.45, 2.75) is 36.8 Å². The van der Waals surface area contributed by atoms with Gasteiger partial charge in [-0.05, 0) is 43.0 Å². The monoisotopic (exact) mass is 425 g/mol. The Morgan fingerprint density at radius 2 is 1.81 bits per heavy atom. The molecule has 0 spiro atoms. The van der Waals surface area contributed by atoms with Gasteiger partial charge in [0.2, 0.25) is 5.91 Å². The molecule has 0 bridgehead atoms. The molecule has 2 saturated heterocycles. The van der Waals surface area contributed by atoms with Crippen LogP contribution in [0.2, 0.25) is 0 Å². The third-order valence-corrected chi connectivity index (χ3v) is 6.49. The first-order valence-corrected chi connectivity index (χ1v) is 10.8. The van der Waals surface area contributed by atoms with E-state index in [1.165, 1.54) is 5.56 Å². The zero-order valence-electron chi connectivity index (χ0n) is 18.1. The molecule has 2 aromatic rings. The zero-order valence-corrected chi connectivity index (χ0v) is 18.1. The zero-order chi connectivity index (χ0) is 21.7. The SMILES string of the molecule is COc1ccc(C2(CNC(=O)C3CC(c4ccccc4OC)NN3)CCOCC2)cc1. The number of ether oxygens (including phenoxy) is 3. The van der Waals surface area contributed by atoms with Gasteiger partial charge in [-0.25, -0.2) is 10.9 Å². The van der Waals surface area contributed by atoms with E-state index in [0.717, 1.165) is 29.9 Å². The molecule has 0 radical (unpaired) electrons. The molecule has 4 rings (SSSR count). The number of amides is 1. The number of hydrogen-bond donors (Lipinski definition) is 3. The van der Waals surface area contributed by atoms with Crippen molar-refractivity contribution in [1.29, 1.82) is 0 Å². The van der Waals surface area contributed by atoms with Crippen LogP contribution < -0.4 is 25.6 Å². The summed E-state index contributed by atoms with van der Waals surface area (Å²) in [7, 11) is 3.33. The third kappa shape index (κ3) is 4.69. The molecule has 166 valence electrons. The largest absolute Gasteiger partial charge is 0.497 e. The predicted molar refractivity (Wildman–Crippen MR) is 118 cm³/mol. The van der Waals surface area contributed by atoms with E-state index < -0.39 is 0 Å². The van der Waals surface area contributed by atoms with Crippen LogP contribution >= 0.6 is 0 Å². The Kier molecular flexibility index (Phi) is 6.75. The van der Waals surface area contributed by atoms with Crippen molar-refractivity contribution in [2.24, 2.45) is 0 Å². The first kappa shape index (κ1) is 21.6. The van der Waals surface area contributed by atoms with Crippen LogP contribution in [0.1, 0.15) is 36.4 Å². The van der Waals surface area contributed by atoms with E-state index in [0.29, 0.717) is 26.2 Å². The highest BCUT2D eigenvalue weighted by Gasteiger charge is 2.37. The summed E-state index contributed by atoms with van der Waals surface area (Å²) >= 11 is 0. The number of rotatable bonds is 7. The summed E-state index contributed by atoms with van der Waals surface area (Å²) in [6, 6.07) is 15.8. The van der Waals surface area contributed by atoms with Gasteiger partial charge in [0.1, 0.15) is 17.5 Å². The second-order valence-corrected chi connectivity index (χ2v) is 8.21. The number of hydrazine groups is 1. The van der Waals surface area contributed by atoms with Crippen LogP contribution in [0.4, 0.5) is 0 Å². The minimum absolute atomic E-state index is 0.00396. The molecule has 3 N–H and O–H groups in total. The highest BCUT2D eigenvalue weighted by Crippen LogP contribution is 2.35. The van der Waals surface area contributed by atoms with Gasteiger partial charge in [-0.15, -0.1) is 0 Å². The minimum atomic E-state index is -0.303. The molecule has 2 atom stereocenters. The molecule has 2 unspecified atom stereocenters. The maximum atomic E-state index is 13.0. The molecule has 2 heterocycles. The van der Waals surface area contributed by atoms with Gasteiger partial charge in [0.05, 0.1) is 20.3 Å². The Hall–Kier alpha value is -2.61. The van der Waals surface area contributed by atoms with Gasteiger partial charge in [-0.2, -0.15) is 0 Å². The number of nitrogens with one attached hydrogen (secondary N) is 3. The Morgan fingerprint density at radius 3 is 2.52 bits per heavy atom. The summed E-state index contributed by atoms with van der Waals surface area (Å²) in [6.07, 6.45) is 2.41. The molecular weight excluding hydrogens is 394 g/mol. The fourth-order valence-electron chi connectivity index (χ4n) is 4.54. The van der Waals surface area contributed by atoms with Crippen molar-refractivity contribution in [2.75, 3.05) is 34.0 Å². The molecule has 0 aromatic heterocycles. The number of carbonyl (C=O) groups excluding carboxylic acids is 1. The smallest absolute Gasteiger partial charge is 0.238 e. The maximum absolute atomic E-state index is 13.0. The summed E-state index contributed by atoms with van der Waals surface area (Å²) in [4.78, 5) is 13.0. The van der Waals surface area contributed by atoms with E-state index in [1.54, 1.807) is 14.2 Å². The van der Waals surface area contributed by atoms with Gasteiger partial charge in [-0.1, -0.05) is 30.3 Å². The molecular formula is C24H31N3O4. The number of hydrogen-bond acceptors (Lipinski definition) is 6. The first-order valence-electron chi connectivity index (χ1n) is 10.8. The van der Waals surface area contributed by atoms with Crippen LogP contribution in [-0.2, 0) is 14.9 Å². The van der Waals surface area contributed by atoms with Gasteiger partial charge in [0.25, 0.3) is 0 Å². The molecule has 7 nitrogen and oxygen atoms in total. The Morgan fingerprint density at radius 1 is 1.06 bits per heavy atom. The lowest BCUT2D eigenvalue weighted by Gasteiger charge is -2.38. The lowest BCUT2D eigenvalue weighted by atomic mass is 9.74. The van der Waals surface area contributed by atoms with Crippen molar-refractivity contribution < 1.29 is 19.0 Å². The molecule has 0 saturated carbocycles. The number of para-hydroxylation sites is 1. The molecule has 2 fully saturated rings. The summed E-state index contributed by atoms with van der Waals surface area (Å²) in [5.74, 6) is 1.66. The fourth-order valence-corrected chi connectivity index (χ4v) is 4.54. The molecule has 2 aromatic carbocycles. The Labute approximate surface area is 183 Å². The van der Waals surface area contributed by atoms with Crippen molar-refractivity contribution in [3.63, 3.8) is 0 Å². The van der Waals surface area contributed by atoms with Crippen molar-refractivity contribution >= 4 is 5.91 Å². The quantitative estimate of drug-likeness (QED) is 0.632. The molecule has 7 heteroatoms. The van der Waals surface area contributed by atoms with Crippen molar-refractivity contribution in [3.05, 3.63) is 59.7 Å². The number of benzene rings is 2. The van der Waals surface area contributed by atoms with Crippen molar-refractivity contribution in [1.82, 2.24) is 16.2 Å². The molecule has 31 heavy (non-hydrogen) atoms. The summed E-state index contributed by atoms with van der Waals surface area (Å²) < 4.78 is 16.4.